The molecule has 1 aliphatic heterocycles. The summed E-state index contributed by atoms with van der Waals surface area (Å²) in [5, 5.41) is 0. The Bertz CT molecular complexity index is 170. The molecule has 0 aromatic heterocycles. The summed E-state index contributed by atoms with van der Waals surface area (Å²) in [6.07, 6.45) is 2.50. The standard InChI is InChI=1S/C6H6NO2.Re/c1-2-7-5(8)3-4-6(7)9;/h2-4H,1H3;/q-1;. The van der Waals surface area contributed by atoms with Gasteiger partial charge < -0.3 is 4.90 Å². The zero-order valence-corrected chi connectivity index (χ0v) is 8.09. The second-order valence-electron chi connectivity index (χ2n) is 1.64. The van der Waals surface area contributed by atoms with E-state index in [-0.39, 0.29) is 32.2 Å². The molecule has 0 aromatic rings. The Balaban J connectivity index is 0.000000810. The first-order chi connectivity index (χ1) is 4.25. The van der Waals surface area contributed by atoms with Gasteiger partial charge in [-0.3, -0.25) is 9.59 Å². The quantitative estimate of drug-likeness (QED) is 0.508. The van der Waals surface area contributed by atoms with E-state index >= 15 is 0 Å². The summed E-state index contributed by atoms with van der Waals surface area (Å²) in [6, 6.07) is 0. The first-order valence-electron chi connectivity index (χ1n) is 2.60. The van der Waals surface area contributed by atoms with Crippen LogP contribution in [0.2, 0.25) is 0 Å². The van der Waals surface area contributed by atoms with Crippen molar-refractivity contribution in [3.63, 3.8) is 0 Å². The van der Waals surface area contributed by atoms with Crippen LogP contribution in [0.3, 0.4) is 0 Å². The van der Waals surface area contributed by atoms with Gasteiger partial charge >= 0.3 is 0 Å². The molecule has 4 heteroatoms. The zero-order valence-electron chi connectivity index (χ0n) is 5.37. The largest absolute Gasteiger partial charge is 0.428 e. The Kier molecular flexibility index (Phi) is 3.48. The second kappa shape index (κ2) is 3.65. The summed E-state index contributed by atoms with van der Waals surface area (Å²) in [5.74, 6) is -0.523. The van der Waals surface area contributed by atoms with Crippen LogP contribution in [-0.4, -0.2) is 16.7 Å². The van der Waals surface area contributed by atoms with Gasteiger partial charge in [0, 0.05) is 32.6 Å². The number of rotatable bonds is 1. The third-order valence-electron chi connectivity index (χ3n) is 1.10. The predicted molar refractivity (Wildman–Crippen MR) is 31.0 cm³/mol. The minimum absolute atomic E-state index is 0. The van der Waals surface area contributed by atoms with Gasteiger partial charge in [0.2, 0.25) is 11.8 Å². The van der Waals surface area contributed by atoms with Gasteiger partial charge in [0.1, 0.15) is 0 Å². The number of amides is 2. The molecule has 0 saturated heterocycles. The molecule has 1 radical (unpaired) electrons. The van der Waals surface area contributed by atoms with Crippen molar-refractivity contribution in [1.29, 1.82) is 0 Å². The monoisotopic (exact) mass is 311 g/mol. The Labute approximate surface area is 72.7 Å². The number of carbonyl (C=O) groups is 2. The van der Waals surface area contributed by atoms with E-state index in [2.05, 4.69) is 0 Å². The summed E-state index contributed by atoms with van der Waals surface area (Å²) in [4.78, 5) is 22.3. The van der Waals surface area contributed by atoms with Crippen LogP contribution in [0, 0.1) is 6.54 Å². The van der Waals surface area contributed by atoms with E-state index in [4.69, 9.17) is 0 Å². The Hall–Kier alpha value is -0.458. The maximum absolute atomic E-state index is 10.6. The number of nitrogens with zero attached hydrogens (tertiary/aromatic N) is 1. The number of hydrogen-bond acceptors (Lipinski definition) is 2. The van der Waals surface area contributed by atoms with Crippen LogP contribution in [0.15, 0.2) is 12.2 Å². The average molecular weight is 310 g/mol. The van der Waals surface area contributed by atoms with Gasteiger partial charge in [0.05, 0.1) is 0 Å². The first kappa shape index (κ1) is 9.54. The molecule has 0 fully saturated rings. The van der Waals surface area contributed by atoms with Gasteiger partial charge in [-0.05, 0) is 0 Å². The summed E-state index contributed by atoms with van der Waals surface area (Å²) < 4.78 is 0. The fourth-order valence-electron chi connectivity index (χ4n) is 0.666. The zero-order chi connectivity index (χ0) is 6.85. The van der Waals surface area contributed by atoms with Gasteiger partial charge in [-0.1, -0.05) is 0 Å². The van der Waals surface area contributed by atoms with E-state index in [1.165, 1.54) is 18.7 Å². The third-order valence-corrected chi connectivity index (χ3v) is 1.10. The number of hydrogen-bond donors (Lipinski definition) is 0. The molecular weight excluding hydrogens is 304 g/mol. The van der Waals surface area contributed by atoms with Crippen LogP contribution in [0.5, 0.6) is 0 Å². The van der Waals surface area contributed by atoms with Gasteiger partial charge in [-0.2, -0.15) is 6.92 Å². The first-order valence-corrected chi connectivity index (χ1v) is 2.60. The third kappa shape index (κ3) is 1.53. The van der Waals surface area contributed by atoms with Crippen molar-refractivity contribution in [2.45, 2.75) is 6.92 Å². The summed E-state index contributed by atoms with van der Waals surface area (Å²) >= 11 is 0. The topological polar surface area (TPSA) is 37.4 Å². The molecule has 0 aliphatic carbocycles. The SMILES string of the molecule is C[CH-]N1C(=O)C=CC1=O.[Re]. The molecule has 10 heavy (non-hydrogen) atoms. The molecule has 0 aromatic carbocycles. The average Bonchev–Trinajstić information content (AvgIpc) is 2.12. The van der Waals surface area contributed by atoms with Crippen molar-refractivity contribution >= 4 is 11.8 Å². The fraction of sp³-hybridized carbons (Fsp3) is 0.167. The molecule has 1 aliphatic rings. The van der Waals surface area contributed by atoms with E-state index in [9.17, 15) is 9.59 Å². The Morgan fingerprint density at radius 1 is 1.30 bits per heavy atom. The molecule has 0 unspecified atom stereocenters. The van der Waals surface area contributed by atoms with Crippen LogP contribution in [0.1, 0.15) is 6.92 Å². The van der Waals surface area contributed by atoms with Crippen molar-refractivity contribution in [2.24, 2.45) is 0 Å². The molecule has 0 saturated carbocycles. The molecule has 1 rings (SSSR count). The van der Waals surface area contributed by atoms with Crippen molar-refractivity contribution in [1.82, 2.24) is 4.90 Å². The Morgan fingerprint density at radius 2 is 1.70 bits per heavy atom. The van der Waals surface area contributed by atoms with Crippen LogP contribution >= 0.6 is 0 Å². The van der Waals surface area contributed by atoms with Gasteiger partial charge in [-0.15, -0.1) is 0 Å². The molecular formula is C6H6NO2Re-. The number of carbonyl (C=O) groups excluding carboxylic acids is 2. The minimum atomic E-state index is -0.262. The van der Waals surface area contributed by atoms with Crippen LogP contribution in [-0.2, 0) is 30.0 Å². The molecule has 0 spiro atoms. The van der Waals surface area contributed by atoms with Crippen molar-refractivity contribution < 1.29 is 30.0 Å². The summed E-state index contributed by atoms with van der Waals surface area (Å²) in [6.45, 7) is 3.09. The van der Waals surface area contributed by atoms with E-state index in [1.54, 1.807) is 6.92 Å². The summed E-state index contributed by atoms with van der Waals surface area (Å²) in [7, 11) is 0. The van der Waals surface area contributed by atoms with Crippen molar-refractivity contribution in [2.75, 3.05) is 0 Å². The van der Waals surface area contributed by atoms with Gasteiger partial charge in [0.15, 0.2) is 0 Å². The van der Waals surface area contributed by atoms with E-state index in [0.717, 1.165) is 4.90 Å². The van der Waals surface area contributed by atoms with E-state index < -0.39 is 0 Å². The minimum Gasteiger partial charge on any atom is -0.428 e. The fourth-order valence-corrected chi connectivity index (χ4v) is 0.666. The predicted octanol–water partition coefficient (Wildman–Crippen LogP) is 0.0906. The molecule has 2 amide bonds. The van der Waals surface area contributed by atoms with Gasteiger partial charge in [-0.25, -0.2) is 6.54 Å². The molecule has 55 valence electrons. The molecule has 0 atom stereocenters. The normalized spacial score (nSPS) is 15.9. The Morgan fingerprint density at radius 3 is 1.90 bits per heavy atom. The second-order valence-corrected chi connectivity index (χ2v) is 1.64. The molecule has 0 bridgehead atoms. The van der Waals surface area contributed by atoms with Crippen LogP contribution in [0.4, 0.5) is 0 Å². The molecule has 1 heterocycles. The maximum Gasteiger partial charge on any atom is 0.224 e. The molecule has 0 N–H and O–H groups in total. The van der Waals surface area contributed by atoms with E-state index in [0.29, 0.717) is 0 Å². The van der Waals surface area contributed by atoms with Crippen molar-refractivity contribution in [3.8, 4) is 0 Å². The van der Waals surface area contributed by atoms with Gasteiger partial charge in [0.25, 0.3) is 0 Å². The maximum atomic E-state index is 10.6. The van der Waals surface area contributed by atoms with Crippen LogP contribution < -0.4 is 0 Å². The van der Waals surface area contributed by atoms with E-state index in [1.807, 2.05) is 0 Å². The number of imide groups is 1. The smallest absolute Gasteiger partial charge is 0.224 e. The summed E-state index contributed by atoms with van der Waals surface area (Å²) in [5.41, 5.74) is 0. The van der Waals surface area contributed by atoms with Crippen LogP contribution in [0.25, 0.3) is 0 Å². The molecule has 3 nitrogen and oxygen atoms in total. The van der Waals surface area contributed by atoms with Crippen molar-refractivity contribution in [3.05, 3.63) is 18.7 Å².